The standard InChI is InChI=1S/C22H33NO2/c1-15(2)23-13-20(24)14-25-21-5-3-19(4-6-21)22-10-16-7-17(11-22)9-18(8-16)12-22/h3-6,15-18,20,23-24H,7-14H2,1-2H3/t16?,17?,18?,20-,22?/m1/s1. The first kappa shape index (κ1) is 17.4. The van der Waals surface area contributed by atoms with Crippen molar-refractivity contribution in [1.82, 2.24) is 5.32 Å². The van der Waals surface area contributed by atoms with Crippen LogP contribution >= 0.6 is 0 Å². The van der Waals surface area contributed by atoms with Crippen molar-refractivity contribution in [3.63, 3.8) is 0 Å². The number of aliphatic hydroxyl groups excluding tert-OH is 1. The van der Waals surface area contributed by atoms with Crippen LogP contribution in [0.2, 0.25) is 0 Å². The highest BCUT2D eigenvalue weighted by Crippen LogP contribution is 2.60. The maximum atomic E-state index is 9.98. The molecule has 4 bridgehead atoms. The van der Waals surface area contributed by atoms with Crippen LogP contribution in [0.25, 0.3) is 0 Å². The van der Waals surface area contributed by atoms with E-state index in [4.69, 9.17) is 4.74 Å². The molecule has 138 valence electrons. The molecule has 0 aliphatic heterocycles. The largest absolute Gasteiger partial charge is 0.491 e. The van der Waals surface area contributed by atoms with Gasteiger partial charge in [-0.2, -0.15) is 0 Å². The van der Waals surface area contributed by atoms with Crippen LogP contribution in [0.15, 0.2) is 24.3 Å². The fourth-order valence-corrected chi connectivity index (χ4v) is 5.99. The third-order valence-electron chi connectivity index (χ3n) is 6.71. The molecule has 4 saturated carbocycles. The van der Waals surface area contributed by atoms with Crippen LogP contribution in [-0.4, -0.2) is 30.4 Å². The van der Waals surface area contributed by atoms with Crippen molar-refractivity contribution in [2.45, 2.75) is 69.9 Å². The molecule has 0 heterocycles. The first-order chi connectivity index (χ1) is 12.0. The quantitative estimate of drug-likeness (QED) is 0.789. The molecule has 0 unspecified atom stereocenters. The number of nitrogens with one attached hydrogen (secondary N) is 1. The van der Waals surface area contributed by atoms with E-state index >= 15 is 0 Å². The smallest absolute Gasteiger partial charge is 0.119 e. The van der Waals surface area contributed by atoms with Crippen LogP contribution in [0.5, 0.6) is 5.75 Å². The fraction of sp³-hybridized carbons (Fsp3) is 0.727. The van der Waals surface area contributed by atoms with Crippen LogP contribution in [0.4, 0.5) is 0 Å². The Kier molecular flexibility index (Phi) is 4.81. The SMILES string of the molecule is CC(C)NC[C@@H](O)COc1ccc(C23CC4CC(CC(C4)C2)C3)cc1. The zero-order chi connectivity index (χ0) is 17.4. The summed E-state index contributed by atoms with van der Waals surface area (Å²) < 4.78 is 5.78. The van der Waals surface area contributed by atoms with Crippen LogP contribution in [0.3, 0.4) is 0 Å². The van der Waals surface area contributed by atoms with E-state index in [1.807, 2.05) is 0 Å². The lowest BCUT2D eigenvalue weighted by Crippen LogP contribution is -2.48. The van der Waals surface area contributed by atoms with E-state index in [2.05, 4.69) is 43.4 Å². The summed E-state index contributed by atoms with van der Waals surface area (Å²) >= 11 is 0. The van der Waals surface area contributed by atoms with E-state index in [9.17, 15) is 5.11 Å². The van der Waals surface area contributed by atoms with Crippen LogP contribution in [-0.2, 0) is 5.41 Å². The Morgan fingerprint density at radius 3 is 2.12 bits per heavy atom. The van der Waals surface area contributed by atoms with Gasteiger partial charge in [0.1, 0.15) is 18.5 Å². The highest BCUT2D eigenvalue weighted by atomic mass is 16.5. The molecule has 2 N–H and O–H groups in total. The molecular formula is C22H33NO2. The summed E-state index contributed by atoms with van der Waals surface area (Å²) in [4.78, 5) is 0. The maximum Gasteiger partial charge on any atom is 0.119 e. The predicted molar refractivity (Wildman–Crippen MR) is 101 cm³/mol. The van der Waals surface area contributed by atoms with Crippen molar-refractivity contribution in [3.8, 4) is 5.75 Å². The number of aliphatic hydroxyl groups is 1. The minimum atomic E-state index is -0.467. The Balaban J connectivity index is 1.36. The number of hydrogen-bond donors (Lipinski definition) is 2. The number of hydrogen-bond acceptors (Lipinski definition) is 3. The Labute approximate surface area is 152 Å². The Morgan fingerprint density at radius 1 is 1.04 bits per heavy atom. The monoisotopic (exact) mass is 343 g/mol. The summed E-state index contributed by atoms with van der Waals surface area (Å²) in [5.41, 5.74) is 1.98. The molecule has 0 saturated heterocycles. The van der Waals surface area contributed by atoms with Gasteiger partial charge >= 0.3 is 0 Å². The van der Waals surface area contributed by atoms with E-state index in [0.717, 1.165) is 23.5 Å². The van der Waals surface area contributed by atoms with Gasteiger partial charge in [0, 0.05) is 12.6 Å². The summed E-state index contributed by atoms with van der Waals surface area (Å²) in [6, 6.07) is 9.18. The molecule has 0 amide bonds. The third kappa shape index (κ3) is 3.73. The fourth-order valence-electron chi connectivity index (χ4n) is 5.99. The molecular weight excluding hydrogens is 310 g/mol. The molecule has 0 spiro atoms. The molecule has 5 rings (SSSR count). The summed E-state index contributed by atoms with van der Waals surface area (Å²) in [5.74, 6) is 3.81. The maximum absolute atomic E-state index is 9.98. The van der Waals surface area contributed by atoms with Crippen molar-refractivity contribution >= 4 is 0 Å². The zero-order valence-electron chi connectivity index (χ0n) is 15.7. The summed E-state index contributed by atoms with van der Waals surface area (Å²) in [7, 11) is 0. The summed E-state index contributed by atoms with van der Waals surface area (Å²) in [6.07, 6.45) is 8.20. The average molecular weight is 344 g/mol. The molecule has 0 radical (unpaired) electrons. The van der Waals surface area contributed by atoms with Gasteiger partial charge in [0.25, 0.3) is 0 Å². The van der Waals surface area contributed by atoms with E-state index < -0.39 is 6.10 Å². The van der Waals surface area contributed by atoms with Gasteiger partial charge in [0.05, 0.1) is 0 Å². The minimum absolute atomic E-state index is 0.344. The Morgan fingerprint density at radius 2 is 1.60 bits per heavy atom. The third-order valence-corrected chi connectivity index (χ3v) is 6.71. The van der Waals surface area contributed by atoms with Crippen LogP contribution in [0.1, 0.15) is 57.9 Å². The van der Waals surface area contributed by atoms with Gasteiger partial charge in [-0.15, -0.1) is 0 Å². The average Bonchev–Trinajstić information content (AvgIpc) is 2.57. The van der Waals surface area contributed by atoms with Crippen LogP contribution in [0, 0.1) is 17.8 Å². The van der Waals surface area contributed by atoms with Gasteiger partial charge in [-0.3, -0.25) is 0 Å². The molecule has 25 heavy (non-hydrogen) atoms. The van der Waals surface area contributed by atoms with Crippen molar-refractivity contribution in [2.75, 3.05) is 13.2 Å². The van der Waals surface area contributed by atoms with E-state index in [1.165, 1.54) is 44.1 Å². The first-order valence-corrected chi connectivity index (χ1v) is 10.2. The molecule has 3 heteroatoms. The highest BCUT2D eigenvalue weighted by Gasteiger charge is 2.51. The van der Waals surface area contributed by atoms with Gasteiger partial charge in [0.2, 0.25) is 0 Å². The van der Waals surface area contributed by atoms with Crippen molar-refractivity contribution in [2.24, 2.45) is 17.8 Å². The Bertz CT molecular complexity index is 545. The zero-order valence-corrected chi connectivity index (χ0v) is 15.7. The molecule has 4 aliphatic carbocycles. The lowest BCUT2D eigenvalue weighted by Gasteiger charge is -2.57. The number of benzene rings is 1. The molecule has 4 fully saturated rings. The van der Waals surface area contributed by atoms with E-state index in [-0.39, 0.29) is 0 Å². The molecule has 3 nitrogen and oxygen atoms in total. The number of ether oxygens (including phenoxy) is 1. The Hall–Kier alpha value is -1.06. The normalized spacial score (nSPS) is 34.5. The van der Waals surface area contributed by atoms with Gasteiger partial charge in [-0.05, 0) is 79.4 Å². The van der Waals surface area contributed by atoms with E-state index in [0.29, 0.717) is 24.6 Å². The highest BCUT2D eigenvalue weighted by molar-refractivity contribution is 5.34. The lowest BCUT2D eigenvalue weighted by atomic mass is 9.48. The molecule has 4 aliphatic rings. The first-order valence-electron chi connectivity index (χ1n) is 10.2. The second kappa shape index (κ2) is 6.92. The van der Waals surface area contributed by atoms with Crippen molar-refractivity contribution in [3.05, 3.63) is 29.8 Å². The van der Waals surface area contributed by atoms with Gasteiger partial charge in [-0.25, -0.2) is 0 Å². The van der Waals surface area contributed by atoms with Crippen molar-refractivity contribution < 1.29 is 9.84 Å². The van der Waals surface area contributed by atoms with Crippen molar-refractivity contribution in [1.29, 1.82) is 0 Å². The number of rotatable bonds is 7. The van der Waals surface area contributed by atoms with Gasteiger partial charge in [-0.1, -0.05) is 26.0 Å². The van der Waals surface area contributed by atoms with Gasteiger partial charge in [0.15, 0.2) is 0 Å². The summed E-state index contributed by atoms with van der Waals surface area (Å²) in [6.45, 7) is 5.08. The summed E-state index contributed by atoms with van der Waals surface area (Å²) in [5, 5.41) is 13.2. The van der Waals surface area contributed by atoms with Gasteiger partial charge < -0.3 is 15.2 Å². The van der Waals surface area contributed by atoms with E-state index in [1.54, 1.807) is 0 Å². The molecule has 1 atom stereocenters. The minimum Gasteiger partial charge on any atom is -0.491 e. The lowest BCUT2D eigenvalue weighted by molar-refractivity contribution is -0.00521. The van der Waals surface area contributed by atoms with Crippen LogP contribution < -0.4 is 10.1 Å². The second-order valence-electron chi connectivity index (χ2n) is 9.25. The topological polar surface area (TPSA) is 41.5 Å². The second-order valence-corrected chi connectivity index (χ2v) is 9.25. The molecule has 1 aromatic rings. The molecule has 1 aromatic carbocycles. The predicted octanol–water partition coefficient (Wildman–Crippen LogP) is 3.89. The molecule has 0 aromatic heterocycles.